The van der Waals surface area contributed by atoms with Crippen molar-refractivity contribution in [1.82, 2.24) is 19.7 Å². The molecule has 2 aromatic carbocycles. The van der Waals surface area contributed by atoms with Gasteiger partial charge in [-0.25, -0.2) is 0 Å². The van der Waals surface area contributed by atoms with Gasteiger partial charge in [-0.3, -0.25) is 9.59 Å². The molecule has 33 heavy (non-hydrogen) atoms. The molecule has 0 saturated heterocycles. The van der Waals surface area contributed by atoms with Crippen molar-refractivity contribution in [2.75, 3.05) is 7.11 Å². The van der Waals surface area contributed by atoms with Crippen molar-refractivity contribution >= 4 is 16.7 Å². The minimum atomic E-state index is -0.129. The fourth-order valence-corrected chi connectivity index (χ4v) is 4.13. The number of carbonyl (C=O) groups excluding carboxylic acids is 1. The number of carbonyl (C=O) groups is 1. The maximum absolute atomic E-state index is 13.2. The van der Waals surface area contributed by atoms with Gasteiger partial charge in [0.05, 0.1) is 24.4 Å². The highest BCUT2D eigenvalue weighted by molar-refractivity contribution is 5.87. The molecular formula is C26H28N4O3. The highest BCUT2D eigenvalue weighted by Gasteiger charge is 2.17. The van der Waals surface area contributed by atoms with E-state index in [1.54, 1.807) is 13.3 Å². The van der Waals surface area contributed by atoms with E-state index >= 15 is 0 Å². The molecule has 4 aromatic rings. The molecule has 4 rings (SSSR count). The first-order chi connectivity index (χ1) is 16.0. The van der Waals surface area contributed by atoms with Gasteiger partial charge in [0.25, 0.3) is 5.56 Å². The molecule has 2 aromatic heterocycles. The molecule has 0 unspecified atom stereocenters. The normalized spacial score (nSPS) is 11.0. The molecule has 2 heterocycles. The summed E-state index contributed by atoms with van der Waals surface area (Å²) < 4.78 is 8.70. The Bertz CT molecular complexity index is 1320. The molecule has 1 N–H and O–H groups in total. The van der Waals surface area contributed by atoms with Crippen molar-refractivity contribution in [2.24, 2.45) is 0 Å². The molecule has 0 aliphatic rings. The number of nitrogens with one attached hydrogen (secondary N) is 1. The molecule has 0 radical (unpaired) electrons. The van der Waals surface area contributed by atoms with Crippen LogP contribution in [0.2, 0.25) is 0 Å². The van der Waals surface area contributed by atoms with Gasteiger partial charge in [-0.2, -0.15) is 9.78 Å². The summed E-state index contributed by atoms with van der Waals surface area (Å²) in [7, 11) is 1.63. The lowest BCUT2D eigenvalue weighted by molar-refractivity contribution is -0.121. The van der Waals surface area contributed by atoms with Gasteiger partial charge in [0.2, 0.25) is 5.91 Å². The van der Waals surface area contributed by atoms with Gasteiger partial charge < -0.3 is 14.6 Å². The average molecular weight is 445 g/mol. The number of hydrogen-bond donors (Lipinski definition) is 1. The number of benzene rings is 2. The van der Waals surface area contributed by atoms with E-state index in [4.69, 9.17) is 4.74 Å². The fraction of sp³-hybridized carbons (Fsp3) is 0.269. The average Bonchev–Trinajstić information content (AvgIpc) is 3.09. The van der Waals surface area contributed by atoms with Crippen LogP contribution < -0.4 is 15.6 Å². The molecular weight excluding hydrogens is 416 g/mol. The van der Waals surface area contributed by atoms with Gasteiger partial charge in [0.1, 0.15) is 5.75 Å². The van der Waals surface area contributed by atoms with Crippen LogP contribution >= 0.6 is 0 Å². The smallest absolute Gasteiger partial charge is 0.281 e. The number of ether oxygens (including phenoxy) is 1. The van der Waals surface area contributed by atoms with Crippen molar-refractivity contribution in [2.45, 2.75) is 39.8 Å². The highest BCUT2D eigenvalue weighted by Crippen LogP contribution is 2.23. The number of hydrogen-bond acceptors (Lipinski definition) is 4. The number of rotatable bonds is 8. The lowest BCUT2D eigenvalue weighted by Crippen LogP contribution is -2.23. The summed E-state index contributed by atoms with van der Waals surface area (Å²) >= 11 is 0. The van der Waals surface area contributed by atoms with Gasteiger partial charge in [-0.1, -0.05) is 30.3 Å². The summed E-state index contributed by atoms with van der Waals surface area (Å²) in [6.07, 6.45) is 2.84. The highest BCUT2D eigenvalue weighted by atomic mass is 16.5. The molecule has 0 fully saturated rings. The third kappa shape index (κ3) is 4.67. The molecule has 170 valence electrons. The second kappa shape index (κ2) is 9.73. The zero-order valence-corrected chi connectivity index (χ0v) is 19.2. The van der Waals surface area contributed by atoms with Crippen LogP contribution in [-0.2, 0) is 17.9 Å². The first-order valence-electron chi connectivity index (χ1n) is 11.0. The maximum atomic E-state index is 13.2. The maximum Gasteiger partial charge on any atom is 0.281 e. The SMILES string of the molecule is COc1ccc(CNC(=O)CCCn2c(C)c3cnn(-c4ccccc4)c(=O)c3c2C)cc1. The Kier molecular flexibility index (Phi) is 6.58. The Morgan fingerprint density at radius 3 is 2.45 bits per heavy atom. The Morgan fingerprint density at radius 2 is 1.76 bits per heavy atom. The third-order valence-electron chi connectivity index (χ3n) is 5.97. The van der Waals surface area contributed by atoms with Crippen LogP contribution in [-0.4, -0.2) is 27.4 Å². The summed E-state index contributed by atoms with van der Waals surface area (Å²) in [6, 6.07) is 17.0. The zero-order chi connectivity index (χ0) is 23.4. The van der Waals surface area contributed by atoms with E-state index in [9.17, 15) is 9.59 Å². The predicted molar refractivity (Wildman–Crippen MR) is 129 cm³/mol. The van der Waals surface area contributed by atoms with E-state index in [2.05, 4.69) is 15.0 Å². The first-order valence-corrected chi connectivity index (χ1v) is 11.0. The minimum Gasteiger partial charge on any atom is -0.497 e. The fourth-order valence-electron chi connectivity index (χ4n) is 4.13. The van der Waals surface area contributed by atoms with Gasteiger partial charge in [-0.15, -0.1) is 0 Å². The standard InChI is InChI=1S/C26H28N4O3/c1-18-23-17-28-30(21-8-5-4-6-9-21)26(32)25(23)19(2)29(18)15-7-10-24(31)27-16-20-11-13-22(33-3)14-12-20/h4-6,8-9,11-14,17H,7,10,15-16H2,1-3H3,(H,27,31). The number of amides is 1. The van der Waals surface area contributed by atoms with E-state index < -0.39 is 0 Å². The molecule has 0 atom stereocenters. The summed E-state index contributed by atoms with van der Waals surface area (Å²) in [5, 5.41) is 8.88. The van der Waals surface area contributed by atoms with Gasteiger partial charge >= 0.3 is 0 Å². The Labute approximate surface area is 192 Å². The predicted octanol–water partition coefficient (Wildman–Crippen LogP) is 3.91. The molecule has 0 bridgehead atoms. The molecule has 1 amide bonds. The van der Waals surface area contributed by atoms with E-state index in [1.807, 2.05) is 68.4 Å². The van der Waals surface area contributed by atoms with Crippen LogP contribution in [0, 0.1) is 13.8 Å². The van der Waals surface area contributed by atoms with Crippen LogP contribution in [0.3, 0.4) is 0 Å². The largest absolute Gasteiger partial charge is 0.497 e. The molecule has 0 aliphatic carbocycles. The number of para-hydroxylation sites is 1. The first kappa shape index (κ1) is 22.3. The van der Waals surface area contributed by atoms with Gasteiger partial charge in [0, 0.05) is 36.3 Å². The number of aryl methyl sites for hydroxylation is 2. The number of nitrogens with zero attached hydrogens (tertiary/aromatic N) is 3. The number of fused-ring (bicyclic) bond motifs is 1. The molecule has 7 nitrogen and oxygen atoms in total. The van der Waals surface area contributed by atoms with Crippen LogP contribution in [0.5, 0.6) is 5.75 Å². The second-order valence-electron chi connectivity index (χ2n) is 8.04. The third-order valence-corrected chi connectivity index (χ3v) is 5.97. The Hall–Kier alpha value is -3.87. The number of aromatic nitrogens is 3. The van der Waals surface area contributed by atoms with Crippen molar-refractivity contribution in [3.05, 3.63) is 88.1 Å². The summed E-state index contributed by atoms with van der Waals surface area (Å²) in [4.78, 5) is 25.5. The number of methoxy groups -OCH3 is 1. The zero-order valence-electron chi connectivity index (χ0n) is 19.2. The Morgan fingerprint density at radius 1 is 1.03 bits per heavy atom. The van der Waals surface area contributed by atoms with Crippen LogP contribution in [0.1, 0.15) is 29.8 Å². The molecule has 0 spiro atoms. The summed E-state index contributed by atoms with van der Waals surface area (Å²) in [5.74, 6) is 0.798. The van der Waals surface area contributed by atoms with Crippen LogP contribution in [0.15, 0.2) is 65.6 Å². The van der Waals surface area contributed by atoms with E-state index in [0.717, 1.165) is 33.8 Å². The summed E-state index contributed by atoms with van der Waals surface area (Å²) in [6.45, 7) is 5.09. The lowest BCUT2D eigenvalue weighted by atomic mass is 10.2. The van der Waals surface area contributed by atoms with Crippen LogP contribution in [0.4, 0.5) is 0 Å². The van der Waals surface area contributed by atoms with Crippen LogP contribution in [0.25, 0.3) is 16.5 Å². The van der Waals surface area contributed by atoms with Crippen molar-refractivity contribution < 1.29 is 9.53 Å². The second-order valence-corrected chi connectivity index (χ2v) is 8.04. The monoisotopic (exact) mass is 444 g/mol. The lowest BCUT2D eigenvalue weighted by Gasteiger charge is -2.10. The van der Waals surface area contributed by atoms with Crippen molar-refractivity contribution in [3.63, 3.8) is 0 Å². The van der Waals surface area contributed by atoms with Gasteiger partial charge in [-0.05, 0) is 50.1 Å². The van der Waals surface area contributed by atoms with Crippen molar-refractivity contribution in [3.8, 4) is 11.4 Å². The molecule has 0 aliphatic heterocycles. The summed E-state index contributed by atoms with van der Waals surface area (Å²) in [5.41, 5.74) is 3.52. The topological polar surface area (TPSA) is 78.2 Å². The molecule has 7 heteroatoms. The molecule has 0 saturated carbocycles. The quantitative estimate of drug-likeness (QED) is 0.447. The van der Waals surface area contributed by atoms with E-state index in [-0.39, 0.29) is 11.5 Å². The van der Waals surface area contributed by atoms with Crippen molar-refractivity contribution in [1.29, 1.82) is 0 Å². The Balaban J connectivity index is 1.42. The van der Waals surface area contributed by atoms with Gasteiger partial charge in [0.15, 0.2) is 0 Å². The van der Waals surface area contributed by atoms with E-state index in [0.29, 0.717) is 31.3 Å². The minimum absolute atomic E-state index is 0.00550. The van der Waals surface area contributed by atoms with E-state index in [1.165, 1.54) is 4.68 Å².